The molecule has 134 valence electrons. The molecule has 0 radical (unpaired) electrons. The van der Waals surface area contributed by atoms with Crippen molar-refractivity contribution in [1.82, 2.24) is 15.5 Å². The first-order chi connectivity index (χ1) is 11.9. The predicted molar refractivity (Wildman–Crippen MR) is 107 cm³/mol. The molecule has 0 aromatic carbocycles. The van der Waals surface area contributed by atoms with Gasteiger partial charge in [-0.1, -0.05) is 6.07 Å². The topological polar surface area (TPSA) is 39.7 Å². The molecule has 2 aliphatic rings. The van der Waals surface area contributed by atoms with Gasteiger partial charge in [-0.15, -0.1) is 11.3 Å². The highest BCUT2D eigenvalue weighted by atomic mass is 32.2. The second-order valence-corrected chi connectivity index (χ2v) is 8.90. The van der Waals surface area contributed by atoms with Crippen LogP contribution in [0.3, 0.4) is 0 Å². The van der Waals surface area contributed by atoms with Crippen LogP contribution in [0.4, 0.5) is 0 Å². The molecule has 2 N–H and O–H groups in total. The Hall–Kier alpha value is -0.720. The van der Waals surface area contributed by atoms with Gasteiger partial charge in [0, 0.05) is 23.2 Å². The smallest absolute Gasteiger partial charge is 0.191 e. The maximum atomic E-state index is 4.93. The van der Waals surface area contributed by atoms with Crippen LogP contribution in [-0.4, -0.2) is 54.6 Å². The van der Waals surface area contributed by atoms with E-state index in [2.05, 4.69) is 51.7 Å². The molecule has 0 amide bonds. The fourth-order valence-corrected chi connectivity index (χ4v) is 5.51. The average molecular weight is 367 g/mol. The first-order valence-electron chi connectivity index (χ1n) is 9.28. The first-order valence-corrected chi connectivity index (χ1v) is 11.2. The van der Waals surface area contributed by atoms with Crippen LogP contribution in [-0.2, 0) is 0 Å². The highest BCUT2D eigenvalue weighted by molar-refractivity contribution is 8.00. The zero-order valence-electron chi connectivity index (χ0n) is 14.7. The molecule has 3 heterocycles. The molecule has 2 aliphatic heterocycles. The number of hydrogen-bond donors (Lipinski definition) is 2. The monoisotopic (exact) mass is 366 g/mol. The number of guanidine groups is 1. The van der Waals surface area contributed by atoms with Gasteiger partial charge in [0.25, 0.3) is 0 Å². The average Bonchev–Trinajstić information content (AvgIpc) is 3.35. The molecular weight excluding hydrogens is 336 g/mol. The van der Waals surface area contributed by atoms with Crippen molar-refractivity contribution in [3.05, 3.63) is 22.4 Å². The lowest BCUT2D eigenvalue weighted by Gasteiger charge is -2.25. The number of rotatable bonds is 7. The molecule has 2 unspecified atom stereocenters. The van der Waals surface area contributed by atoms with Gasteiger partial charge in [-0.3, -0.25) is 9.89 Å². The Bertz CT molecular complexity index is 491. The van der Waals surface area contributed by atoms with Gasteiger partial charge in [0.05, 0.1) is 12.6 Å². The van der Waals surface area contributed by atoms with Gasteiger partial charge in [-0.05, 0) is 62.9 Å². The Morgan fingerprint density at radius 2 is 2.21 bits per heavy atom. The lowest BCUT2D eigenvalue weighted by atomic mass is 10.2. The van der Waals surface area contributed by atoms with E-state index in [9.17, 15) is 0 Å². The fourth-order valence-electron chi connectivity index (χ4n) is 3.45. The summed E-state index contributed by atoms with van der Waals surface area (Å²) in [7, 11) is 0. The molecule has 0 aliphatic carbocycles. The van der Waals surface area contributed by atoms with Gasteiger partial charge < -0.3 is 10.6 Å². The number of nitrogens with zero attached hydrogens (tertiary/aromatic N) is 2. The van der Waals surface area contributed by atoms with Crippen LogP contribution in [0.5, 0.6) is 0 Å². The Labute approximate surface area is 154 Å². The number of thiophene rings is 1. The summed E-state index contributed by atoms with van der Waals surface area (Å²) in [5.41, 5.74) is 0. The summed E-state index contributed by atoms with van der Waals surface area (Å²) in [6, 6.07) is 4.86. The highest BCUT2D eigenvalue weighted by Gasteiger charge is 2.24. The van der Waals surface area contributed by atoms with E-state index >= 15 is 0 Å². The minimum atomic E-state index is 0.434. The molecule has 0 bridgehead atoms. The van der Waals surface area contributed by atoms with E-state index < -0.39 is 0 Å². The van der Waals surface area contributed by atoms with E-state index in [1.54, 1.807) is 0 Å². The summed E-state index contributed by atoms with van der Waals surface area (Å²) in [4.78, 5) is 8.98. The molecule has 2 saturated heterocycles. The second kappa shape index (κ2) is 9.68. The van der Waals surface area contributed by atoms with Crippen LogP contribution >= 0.6 is 23.1 Å². The van der Waals surface area contributed by atoms with Crippen LogP contribution in [0.1, 0.15) is 43.5 Å². The third-order valence-electron chi connectivity index (χ3n) is 4.74. The van der Waals surface area contributed by atoms with E-state index in [0.29, 0.717) is 6.04 Å². The Kier molecular flexibility index (Phi) is 7.30. The molecule has 3 rings (SSSR count). The lowest BCUT2D eigenvalue weighted by molar-refractivity contribution is 0.255. The van der Waals surface area contributed by atoms with Crippen molar-refractivity contribution < 1.29 is 0 Å². The first kappa shape index (κ1) is 18.1. The molecule has 6 heteroatoms. The minimum Gasteiger partial charge on any atom is -0.357 e. The predicted octanol–water partition coefficient (Wildman–Crippen LogP) is 3.34. The Morgan fingerprint density at radius 1 is 1.33 bits per heavy atom. The molecule has 0 saturated carbocycles. The summed E-state index contributed by atoms with van der Waals surface area (Å²) >= 11 is 3.96. The number of hydrogen-bond acceptors (Lipinski definition) is 4. The number of aliphatic imine (C=N–C) groups is 1. The maximum absolute atomic E-state index is 4.93. The molecule has 1 aromatic heterocycles. The highest BCUT2D eigenvalue weighted by Crippen LogP contribution is 2.28. The molecule has 24 heavy (non-hydrogen) atoms. The fraction of sp³-hybridized carbons (Fsp3) is 0.722. The minimum absolute atomic E-state index is 0.434. The number of likely N-dealkylation sites (tertiary alicyclic amines) is 1. The van der Waals surface area contributed by atoms with Crippen molar-refractivity contribution in [2.45, 2.75) is 43.9 Å². The van der Waals surface area contributed by atoms with Gasteiger partial charge in [-0.25, -0.2) is 0 Å². The molecular formula is C18H30N4S2. The van der Waals surface area contributed by atoms with Crippen molar-refractivity contribution in [2.24, 2.45) is 4.99 Å². The van der Waals surface area contributed by atoms with E-state index in [0.717, 1.165) is 30.8 Å². The zero-order chi connectivity index (χ0) is 16.6. The molecule has 1 aromatic rings. The summed E-state index contributed by atoms with van der Waals surface area (Å²) in [6.07, 6.45) is 5.34. The Balaban J connectivity index is 1.60. The van der Waals surface area contributed by atoms with Crippen molar-refractivity contribution >= 4 is 29.1 Å². The largest absolute Gasteiger partial charge is 0.357 e. The third-order valence-corrected chi connectivity index (χ3v) is 7.11. The van der Waals surface area contributed by atoms with E-state index in [1.807, 2.05) is 11.3 Å². The van der Waals surface area contributed by atoms with Crippen LogP contribution in [0.15, 0.2) is 22.5 Å². The van der Waals surface area contributed by atoms with Crippen molar-refractivity contribution in [2.75, 3.05) is 38.5 Å². The van der Waals surface area contributed by atoms with Crippen LogP contribution < -0.4 is 10.6 Å². The van der Waals surface area contributed by atoms with Crippen molar-refractivity contribution in [3.8, 4) is 0 Å². The normalized spacial score (nSPS) is 23.5. The quantitative estimate of drug-likeness (QED) is 0.573. The summed E-state index contributed by atoms with van der Waals surface area (Å²) in [5.74, 6) is 2.29. The lowest BCUT2D eigenvalue weighted by Crippen LogP contribution is -2.41. The van der Waals surface area contributed by atoms with Crippen LogP contribution in [0.2, 0.25) is 0 Å². The second-order valence-electron chi connectivity index (χ2n) is 6.51. The van der Waals surface area contributed by atoms with Gasteiger partial charge in [0.2, 0.25) is 0 Å². The van der Waals surface area contributed by atoms with E-state index in [1.165, 1.54) is 49.4 Å². The number of nitrogens with one attached hydrogen (secondary N) is 2. The standard InChI is InChI=1S/C18H30N4S2/c1-2-19-18(20-13-15-7-5-11-23-15)21-14-16(17-8-6-12-24-17)22-9-3-4-10-22/h6,8,12,15-16H,2-5,7,9-11,13-14H2,1H3,(H2,19,20,21). The van der Waals surface area contributed by atoms with Crippen LogP contribution in [0, 0.1) is 0 Å². The maximum Gasteiger partial charge on any atom is 0.191 e. The van der Waals surface area contributed by atoms with Gasteiger partial charge in [0.1, 0.15) is 0 Å². The molecule has 2 fully saturated rings. The van der Waals surface area contributed by atoms with Crippen molar-refractivity contribution in [1.29, 1.82) is 0 Å². The third kappa shape index (κ3) is 5.14. The van der Waals surface area contributed by atoms with Crippen molar-refractivity contribution in [3.63, 3.8) is 0 Å². The summed E-state index contributed by atoms with van der Waals surface area (Å²) < 4.78 is 0. The van der Waals surface area contributed by atoms with Crippen LogP contribution in [0.25, 0.3) is 0 Å². The Morgan fingerprint density at radius 3 is 2.88 bits per heavy atom. The summed E-state index contributed by atoms with van der Waals surface area (Å²) in [5, 5.41) is 9.90. The SMILES string of the molecule is CCNC(=NCC(c1cccs1)N1CCCC1)NCC1CCCS1. The van der Waals surface area contributed by atoms with E-state index in [-0.39, 0.29) is 0 Å². The van der Waals surface area contributed by atoms with Gasteiger partial charge >= 0.3 is 0 Å². The summed E-state index contributed by atoms with van der Waals surface area (Å²) in [6.45, 7) is 7.34. The zero-order valence-corrected chi connectivity index (χ0v) is 16.3. The molecule has 0 spiro atoms. The molecule has 2 atom stereocenters. The van der Waals surface area contributed by atoms with Gasteiger partial charge in [-0.2, -0.15) is 11.8 Å². The van der Waals surface area contributed by atoms with E-state index in [4.69, 9.17) is 4.99 Å². The number of thioether (sulfide) groups is 1. The van der Waals surface area contributed by atoms with Gasteiger partial charge in [0.15, 0.2) is 5.96 Å². The molecule has 4 nitrogen and oxygen atoms in total.